The van der Waals surface area contributed by atoms with E-state index in [1.165, 1.54) is 18.1 Å². The number of fused-ring (bicyclic) bond motifs is 2. The molecule has 0 N–H and O–H groups in total. The van der Waals surface area contributed by atoms with Gasteiger partial charge in [0.15, 0.2) is 5.71 Å². The van der Waals surface area contributed by atoms with Gasteiger partial charge in [-0.2, -0.15) is 4.58 Å². The number of hydrogen-bond donors (Lipinski definition) is 0. The fourth-order valence-corrected chi connectivity index (χ4v) is 6.41. The molecule has 0 amide bonds. The summed E-state index contributed by atoms with van der Waals surface area (Å²) in [7, 11) is 0. The summed E-state index contributed by atoms with van der Waals surface area (Å²) in [4.78, 5) is 15.8. The predicted molar refractivity (Wildman–Crippen MR) is 207 cm³/mol. The first kappa shape index (κ1) is 44.1. The summed E-state index contributed by atoms with van der Waals surface area (Å²) in [6.07, 6.45) is 14.6. The van der Waals surface area contributed by atoms with Crippen LogP contribution in [0.3, 0.4) is 0 Å². The van der Waals surface area contributed by atoms with E-state index < -0.39 is 0 Å². The second kappa shape index (κ2) is 22.8. The van der Waals surface area contributed by atoms with E-state index in [-0.39, 0.29) is 35.8 Å². The van der Waals surface area contributed by atoms with Crippen molar-refractivity contribution < 1.29 is 50.2 Å². The van der Waals surface area contributed by atoms with E-state index in [4.69, 9.17) is 34.0 Å². The maximum Gasteiger partial charge on any atom is 0.302 e. The van der Waals surface area contributed by atoms with E-state index in [0.717, 1.165) is 22.8 Å². The Labute approximate surface area is 325 Å². The van der Waals surface area contributed by atoms with E-state index >= 15 is 0 Å². The first-order chi connectivity index (χ1) is 25.7. The second-order valence-electron chi connectivity index (χ2n) is 13.4. The third kappa shape index (κ3) is 12.4. The van der Waals surface area contributed by atoms with E-state index in [9.17, 15) is 4.79 Å². The van der Waals surface area contributed by atoms with Crippen molar-refractivity contribution in [2.75, 3.05) is 84.4 Å². The summed E-state index contributed by atoms with van der Waals surface area (Å²) >= 11 is 0. The van der Waals surface area contributed by atoms with Crippen molar-refractivity contribution in [1.29, 1.82) is 0 Å². The maximum atomic E-state index is 10.9. The number of benzene rings is 2. The minimum atomic E-state index is -0.312. The number of allylic oxidation sites excluding steroid dienone is 8. The van der Waals surface area contributed by atoms with Crippen molar-refractivity contribution in [3.8, 4) is 0 Å². The number of anilines is 1. The van der Waals surface area contributed by atoms with Crippen LogP contribution in [0.2, 0.25) is 0 Å². The highest BCUT2D eigenvalue weighted by molar-refractivity contribution is 6.03. The Hall–Kier alpha value is -4.26. The summed E-state index contributed by atoms with van der Waals surface area (Å²) in [5, 5.41) is 3.44. The average Bonchev–Trinajstić information content (AvgIpc) is 3.49. The Morgan fingerprint density at radius 1 is 0.759 bits per heavy atom. The van der Waals surface area contributed by atoms with Crippen LogP contribution >= 0.6 is 0 Å². The molecule has 0 saturated heterocycles. The van der Waals surface area contributed by atoms with E-state index in [2.05, 4.69) is 120 Å². The standard InChI is InChI=1S/C41H54N5O7.ClH/c1-33(47)53-30-29-50-26-28-52-32-46-37-18-14-12-16-35(37)41(4,5)39(46)20-10-8-6-7-9-19-38-40(2,3)34-15-11-13-17-36(34)45(38)31-51-27-25-49-24-23-48-22-21-43-44-42;/h6-20H,21-32H2,1-5H3;1H/q+1;/p-1. The van der Waals surface area contributed by atoms with Crippen molar-refractivity contribution in [1.82, 2.24) is 0 Å². The van der Waals surface area contributed by atoms with Crippen LogP contribution in [0.5, 0.6) is 0 Å². The molecule has 292 valence electrons. The van der Waals surface area contributed by atoms with Crippen LogP contribution in [0.15, 0.2) is 102 Å². The Kier molecular flexibility index (Phi) is 18.7. The van der Waals surface area contributed by atoms with Gasteiger partial charge in [0.05, 0.1) is 58.3 Å². The van der Waals surface area contributed by atoms with Gasteiger partial charge in [0.25, 0.3) is 6.73 Å². The molecule has 0 atom stereocenters. The molecule has 13 heteroatoms. The topological polar surface area (TPSA) is 127 Å². The largest absolute Gasteiger partial charge is 1.00 e. The summed E-state index contributed by atoms with van der Waals surface area (Å²) in [6.45, 7) is 15.1. The Morgan fingerprint density at radius 3 is 2.07 bits per heavy atom. The second-order valence-corrected chi connectivity index (χ2v) is 13.4. The third-order valence-corrected chi connectivity index (χ3v) is 9.04. The molecule has 2 aliphatic rings. The van der Waals surface area contributed by atoms with Gasteiger partial charge in [-0.3, -0.25) is 4.79 Å². The molecule has 2 aliphatic heterocycles. The van der Waals surface area contributed by atoms with Crippen molar-refractivity contribution in [3.05, 3.63) is 118 Å². The number of esters is 1. The van der Waals surface area contributed by atoms with E-state index in [0.29, 0.717) is 72.9 Å². The summed E-state index contributed by atoms with van der Waals surface area (Å²) in [6, 6.07) is 16.9. The minimum absolute atomic E-state index is 0. The summed E-state index contributed by atoms with van der Waals surface area (Å²) < 4.78 is 35.7. The molecule has 0 spiro atoms. The molecule has 2 aromatic rings. The first-order valence-corrected chi connectivity index (χ1v) is 18.1. The van der Waals surface area contributed by atoms with Gasteiger partial charge in [-0.05, 0) is 37.1 Å². The number of carbonyl (C=O) groups excluding carboxylic acids is 1. The number of para-hydroxylation sites is 2. The van der Waals surface area contributed by atoms with Crippen molar-refractivity contribution in [2.45, 2.75) is 45.4 Å². The number of carbonyl (C=O) groups is 1. The van der Waals surface area contributed by atoms with Crippen LogP contribution in [0.1, 0.15) is 45.7 Å². The SMILES string of the molecule is CC(=O)OCCOCCOC[N+]1=C(C=CC=CC=CC=C2N(COCCOCCOCCN=[N+]=[N-])c3ccccc3C2(C)C)C(C)(C)c2ccccc21.[Cl-]. The van der Waals surface area contributed by atoms with Crippen LogP contribution in [-0.4, -0.2) is 95.7 Å². The Balaban J connectivity index is 0.00000784. The molecule has 2 heterocycles. The van der Waals surface area contributed by atoms with Crippen molar-refractivity contribution >= 4 is 23.1 Å². The number of halogens is 1. The molecule has 0 radical (unpaired) electrons. The lowest BCUT2D eigenvalue weighted by Crippen LogP contribution is -3.00. The van der Waals surface area contributed by atoms with E-state index in [1.54, 1.807) is 0 Å². The molecule has 0 aromatic heterocycles. The van der Waals surface area contributed by atoms with Crippen molar-refractivity contribution in [3.63, 3.8) is 0 Å². The van der Waals surface area contributed by atoms with Crippen LogP contribution in [0.25, 0.3) is 10.4 Å². The number of hydrogen-bond acceptors (Lipinski definition) is 9. The third-order valence-electron chi connectivity index (χ3n) is 9.04. The van der Waals surface area contributed by atoms with Gasteiger partial charge >= 0.3 is 5.97 Å². The number of rotatable bonds is 23. The molecule has 0 bridgehead atoms. The Bertz CT molecular complexity index is 1710. The quantitative estimate of drug-likeness (QED) is 0.0312. The molecular formula is C41H54ClN5O7. The van der Waals surface area contributed by atoms with Gasteiger partial charge in [0, 0.05) is 52.9 Å². The zero-order chi connectivity index (χ0) is 37.9. The highest BCUT2D eigenvalue weighted by Crippen LogP contribution is 2.47. The van der Waals surface area contributed by atoms with Gasteiger partial charge in [0.2, 0.25) is 5.69 Å². The highest BCUT2D eigenvalue weighted by atomic mass is 35.5. The molecule has 0 fully saturated rings. The lowest BCUT2D eigenvalue weighted by atomic mass is 9.81. The zero-order valence-corrected chi connectivity index (χ0v) is 32.9. The lowest BCUT2D eigenvalue weighted by molar-refractivity contribution is -0.489. The normalized spacial score (nSPS) is 16.3. The van der Waals surface area contributed by atoms with Gasteiger partial charge in [-0.25, -0.2) is 0 Å². The highest BCUT2D eigenvalue weighted by Gasteiger charge is 2.44. The molecule has 2 aromatic carbocycles. The monoisotopic (exact) mass is 763 g/mol. The molecule has 0 saturated carbocycles. The minimum Gasteiger partial charge on any atom is -1.00 e. The zero-order valence-electron chi connectivity index (χ0n) is 32.1. The number of nitrogens with zero attached hydrogens (tertiary/aromatic N) is 5. The van der Waals surface area contributed by atoms with Crippen LogP contribution in [0.4, 0.5) is 11.4 Å². The fourth-order valence-electron chi connectivity index (χ4n) is 6.41. The van der Waals surface area contributed by atoms with Crippen LogP contribution < -0.4 is 17.3 Å². The number of azide groups is 1. The predicted octanol–water partition coefficient (Wildman–Crippen LogP) is 4.29. The first-order valence-electron chi connectivity index (χ1n) is 18.1. The van der Waals surface area contributed by atoms with Crippen molar-refractivity contribution in [2.24, 2.45) is 5.11 Å². The van der Waals surface area contributed by atoms with Gasteiger partial charge in [-0.1, -0.05) is 85.7 Å². The molecule has 0 aliphatic carbocycles. The van der Waals surface area contributed by atoms with Crippen LogP contribution in [-0.2, 0) is 44.0 Å². The smallest absolute Gasteiger partial charge is 0.302 e. The number of ether oxygens (including phenoxy) is 6. The van der Waals surface area contributed by atoms with Gasteiger partial charge in [-0.15, -0.1) is 0 Å². The van der Waals surface area contributed by atoms with Crippen LogP contribution in [0, 0.1) is 0 Å². The summed E-state index contributed by atoms with van der Waals surface area (Å²) in [5.41, 5.74) is 15.0. The van der Waals surface area contributed by atoms with E-state index in [1.807, 2.05) is 18.2 Å². The molecular weight excluding hydrogens is 710 g/mol. The average molecular weight is 764 g/mol. The molecule has 54 heavy (non-hydrogen) atoms. The molecule has 12 nitrogen and oxygen atoms in total. The fraction of sp³-hybridized carbons (Fsp3) is 0.463. The maximum absolute atomic E-state index is 10.9. The molecule has 0 unspecified atom stereocenters. The summed E-state index contributed by atoms with van der Waals surface area (Å²) in [5.74, 6) is -0.312. The lowest BCUT2D eigenvalue weighted by Gasteiger charge is -2.26. The van der Waals surface area contributed by atoms with Gasteiger partial charge < -0.3 is 45.7 Å². The molecule has 4 rings (SSSR count). The Morgan fingerprint density at radius 2 is 1.35 bits per heavy atom. The van der Waals surface area contributed by atoms with Gasteiger partial charge in [0.1, 0.15) is 13.3 Å².